The summed E-state index contributed by atoms with van der Waals surface area (Å²) in [6, 6.07) is 5.79. The molecule has 0 unspecified atom stereocenters. The van der Waals surface area contributed by atoms with Crippen LogP contribution in [0.2, 0.25) is 4.34 Å². The molecule has 2 aromatic rings. The fourth-order valence-corrected chi connectivity index (χ4v) is 2.50. The topological polar surface area (TPSA) is 17.1 Å². The molecule has 0 bridgehead atoms. The second-order valence-corrected chi connectivity index (χ2v) is 4.63. The first-order chi connectivity index (χ1) is 6.20. The van der Waals surface area contributed by atoms with Gasteiger partial charge < -0.3 is 0 Å². The first kappa shape index (κ1) is 8.73. The number of hydrogen-bond acceptors (Lipinski definition) is 2. The molecule has 0 aliphatic rings. The maximum Gasteiger partial charge on any atom is 0.150 e. The lowest BCUT2D eigenvalue weighted by Crippen LogP contribution is -1.83. The SMILES string of the molecule is Cc1cc2cc(Cl)sc2cc1C=O. The standard InChI is InChI=1S/C10H7ClOS/c1-6-2-7-4-10(11)13-9(7)3-8(6)5-12/h2-5H,1H3. The summed E-state index contributed by atoms with van der Waals surface area (Å²) < 4.78 is 1.83. The zero-order chi connectivity index (χ0) is 9.42. The lowest BCUT2D eigenvalue weighted by atomic mass is 10.1. The van der Waals surface area contributed by atoms with E-state index in [1.54, 1.807) is 0 Å². The molecule has 0 N–H and O–H groups in total. The number of aryl methyl sites for hydroxylation is 1. The Balaban J connectivity index is 2.79. The van der Waals surface area contributed by atoms with E-state index in [0.717, 1.165) is 31.8 Å². The van der Waals surface area contributed by atoms with Crippen LogP contribution >= 0.6 is 22.9 Å². The van der Waals surface area contributed by atoms with E-state index in [-0.39, 0.29) is 0 Å². The van der Waals surface area contributed by atoms with E-state index in [1.165, 1.54) is 11.3 Å². The Bertz CT molecular complexity index is 473. The van der Waals surface area contributed by atoms with Gasteiger partial charge in [0.25, 0.3) is 0 Å². The third-order valence-electron chi connectivity index (χ3n) is 2.00. The van der Waals surface area contributed by atoms with Crippen molar-refractivity contribution in [3.8, 4) is 0 Å². The van der Waals surface area contributed by atoms with Crippen molar-refractivity contribution in [3.05, 3.63) is 33.7 Å². The van der Waals surface area contributed by atoms with Crippen molar-refractivity contribution < 1.29 is 4.79 Å². The van der Waals surface area contributed by atoms with Crippen LogP contribution < -0.4 is 0 Å². The summed E-state index contributed by atoms with van der Waals surface area (Å²) in [5, 5.41) is 1.11. The Hall–Kier alpha value is -0.860. The molecule has 0 aliphatic carbocycles. The molecule has 0 saturated heterocycles. The van der Waals surface area contributed by atoms with Gasteiger partial charge in [0.1, 0.15) is 6.29 Å². The van der Waals surface area contributed by atoms with Gasteiger partial charge in [0.2, 0.25) is 0 Å². The fraction of sp³-hybridized carbons (Fsp3) is 0.100. The van der Waals surface area contributed by atoms with Crippen molar-refractivity contribution in [3.63, 3.8) is 0 Å². The molecule has 0 radical (unpaired) electrons. The van der Waals surface area contributed by atoms with Gasteiger partial charge in [0, 0.05) is 10.3 Å². The number of halogens is 1. The highest BCUT2D eigenvalue weighted by atomic mass is 35.5. The van der Waals surface area contributed by atoms with Crippen LogP contribution in [-0.2, 0) is 0 Å². The molecule has 1 nitrogen and oxygen atoms in total. The molecule has 66 valence electrons. The Morgan fingerprint density at radius 3 is 2.85 bits per heavy atom. The van der Waals surface area contributed by atoms with E-state index in [0.29, 0.717) is 0 Å². The molecule has 3 heteroatoms. The largest absolute Gasteiger partial charge is 0.298 e. The van der Waals surface area contributed by atoms with Crippen molar-refractivity contribution in [1.82, 2.24) is 0 Å². The number of benzene rings is 1. The summed E-state index contributed by atoms with van der Waals surface area (Å²) in [6.07, 6.45) is 0.877. The van der Waals surface area contributed by atoms with Gasteiger partial charge in [-0.3, -0.25) is 4.79 Å². The summed E-state index contributed by atoms with van der Waals surface area (Å²) in [5.74, 6) is 0. The van der Waals surface area contributed by atoms with Gasteiger partial charge in [-0.1, -0.05) is 11.6 Å². The molecule has 0 atom stereocenters. The minimum atomic E-state index is 0.742. The Morgan fingerprint density at radius 2 is 2.15 bits per heavy atom. The lowest BCUT2D eigenvalue weighted by Gasteiger charge is -1.96. The van der Waals surface area contributed by atoms with Crippen molar-refractivity contribution in [1.29, 1.82) is 0 Å². The molecule has 0 amide bonds. The van der Waals surface area contributed by atoms with Crippen LogP contribution in [-0.4, -0.2) is 6.29 Å². The quantitative estimate of drug-likeness (QED) is 0.657. The Kier molecular flexibility index (Phi) is 2.10. The number of hydrogen-bond donors (Lipinski definition) is 0. The highest BCUT2D eigenvalue weighted by Crippen LogP contribution is 2.30. The average Bonchev–Trinajstić information content (AvgIpc) is 2.42. The third-order valence-corrected chi connectivity index (χ3v) is 3.23. The average molecular weight is 211 g/mol. The van der Waals surface area contributed by atoms with Crippen molar-refractivity contribution in [2.24, 2.45) is 0 Å². The van der Waals surface area contributed by atoms with E-state index >= 15 is 0 Å². The molecule has 13 heavy (non-hydrogen) atoms. The van der Waals surface area contributed by atoms with E-state index < -0.39 is 0 Å². The number of fused-ring (bicyclic) bond motifs is 1. The van der Waals surface area contributed by atoms with Crippen molar-refractivity contribution in [2.45, 2.75) is 6.92 Å². The van der Waals surface area contributed by atoms with Crippen LogP contribution in [0.5, 0.6) is 0 Å². The van der Waals surface area contributed by atoms with Crippen LogP contribution in [0.1, 0.15) is 15.9 Å². The van der Waals surface area contributed by atoms with Crippen LogP contribution in [0.3, 0.4) is 0 Å². The number of aldehydes is 1. The van der Waals surface area contributed by atoms with Gasteiger partial charge in [-0.2, -0.15) is 0 Å². The number of thiophene rings is 1. The Morgan fingerprint density at radius 1 is 1.38 bits per heavy atom. The summed E-state index contributed by atoms with van der Waals surface area (Å²) in [5.41, 5.74) is 1.74. The van der Waals surface area contributed by atoms with Crippen LogP contribution in [0, 0.1) is 6.92 Å². The third kappa shape index (κ3) is 1.47. The second-order valence-electron chi connectivity index (χ2n) is 2.91. The predicted octanol–water partition coefficient (Wildman–Crippen LogP) is 3.68. The van der Waals surface area contributed by atoms with Crippen LogP contribution in [0.4, 0.5) is 0 Å². The van der Waals surface area contributed by atoms with Crippen LogP contribution in [0.25, 0.3) is 10.1 Å². The second kappa shape index (κ2) is 3.13. The zero-order valence-corrected chi connectivity index (χ0v) is 8.58. The molecule has 0 spiro atoms. The van der Waals surface area contributed by atoms with Gasteiger partial charge in [-0.05, 0) is 36.1 Å². The summed E-state index contributed by atoms with van der Waals surface area (Å²) >= 11 is 7.36. The van der Waals surface area contributed by atoms with Crippen LogP contribution in [0.15, 0.2) is 18.2 Å². The molecular formula is C10H7ClOS. The maximum atomic E-state index is 10.6. The number of carbonyl (C=O) groups is 1. The minimum absolute atomic E-state index is 0.742. The molecular weight excluding hydrogens is 204 g/mol. The summed E-state index contributed by atoms with van der Waals surface area (Å²) in [6.45, 7) is 1.93. The van der Waals surface area contributed by atoms with Crippen molar-refractivity contribution >= 4 is 39.3 Å². The smallest absolute Gasteiger partial charge is 0.150 e. The van der Waals surface area contributed by atoms with Gasteiger partial charge in [0.15, 0.2) is 0 Å². The molecule has 2 rings (SSSR count). The fourth-order valence-electron chi connectivity index (χ4n) is 1.31. The van der Waals surface area contributed by atoms with Gasteiger partial charge in [-0.25, -0.2) is 0 Å². The highest BCUT2D eigenvalue weighted by Gasteiger charge is 2.03. The van der Waals surface area contributed by atoms with E-state index in [4.69, 9.17) is 11.6 Å². The van der Waals surface area contributed by atoms with Gasteiger partial charge in [-0.15, -0.1) is 11.3 Å². The van der Waals surface area contributed by atoms with E-state index in [2.05, 4.69) is 0 Å². The van der Waals surface area contributed by atoms with Gasteiger partial charge >= 0.3 is 0 Å². The first-order valence-electron chi connectivity index (χ1n) is 3.85. The first-order valence-corrected chi connectivity index (χ1v) is 5.05. The summed E-state index contributed by atoms with van der Waals surface area (Å²) in [7, 11) is 0. The molecule has 1 aromatic carbocycles. The molecule has 1 heterocycles. The predicted molar refractivity (Wildman–Crippen MR) is 57.0 cm³/mol. The molecule has 1 aromatic heterocycles. The number of rotatable bonds is 1. The highest BCUT2D eigenvalue weighted by molar-refractivity contribution is 7.22. The molecule has 0 saturated carbocycles. The zero-order valence-electron chi connectivity index (χ0n) is 7.00. The molecule has 0 fully saturated rings. The molecule has 0 aliphatic heterocycles. The Labute approximate surface area is 84.9 Å². The maximum absolute atomic E-state index is 10.6. The van der Waals surface area contributed by atoms with E-state index in [1.807, 2.05) is 25.1 Å². The van der Waals surface area contributed by atoms with Gasteiger partial charge in [0.05, 0.1) is 4.34 Å². The van der Waals surface area contributed by atoms with E-state index in [9.17, 15) is 4.79 Å². The normalized spacial score (nSPS) is 10.6. The minimum Gasteiger partial charge on any atom is -0.298 e. The monoisotopic (exact) mass is 210 g/mol. The van der Waals surface area contributed by atoms with Crippen molar-refractivity contribution in [2.75, 3.05) is 0 Å². The lowest BCUT2D eigenvalue weighted by molar-refractivity contribution is 0.112. The number of carbonyl (C=O) groups excluding carboxylic acids is 1. The summed E-state index contributed by atoms with van der Waals surface area (Å²) in [4.78, 5) is 10.6.